The molecule has 176 valence electrons. The summed E-state index contributed by atoms with van der Waals surface area (Å²) in [6.07, 6.45) is 6.39. The van der Waals surface area contributed by atoms with Gasteiger partial charge in [0.2, 0.25) is 16.0 Å². The number of fused-ring (bicyclic) bond motifs is 1. The fourth-order valence-corrected chi connectivity index (χ4v) is 4.50. The SMILES string of the molecule is CS(=O)(=O)Nc1cccc(Nc2nc(-c3ccc(N4CCC(N)CC4)nc3)c3[nH]cnc3n2)c1. The molecular weight excluding hydrogens is 454 g/mol. The molecule has 1 aliphatic heterocycles. The van der Waals surface area contributed by atoms with Gasteiger partial charge in [0, 0.05) is 36.6 Å². The number of nitrogens with two attached hydrogens (primary N) is 1. The minimum absolute atomic E-state index is 0.263. The van der Waals surface area contributed by atoms with Crippen LogP contribution in [0.4, 0.5) is 23.1 Å². The van der Waals surface area contributed by atoms with Gasteiger partial charge in [0.15, 0.2) is 5.65 Å². The molecule has 34 heavy (non-hydrogen) atoms. The number of imidazole rings is 1. The zero-order valence-electron chi connectivity index (χ0n) is 18.6. The average molecular weight is 480 g/mol. The minimum Gasteiger partial charge on any atom is -0.357 e. The molecule has 1 saturated heterocycles. The number of H-pyrrole nitrogens is 1. The third-order valence-electron chi connectivity index (χ3n) is 5.59. The van der Waals surface area contributed by atoms with E-state index in [9.17, 15) is 8.42 Å². The minimum atomic E-state index is -3.39. The van der Waals surface area contributed by atoms with Gasteiger partial charge in [0.25, 0.3) is 0 Å². The van der Waals surface area contributed by atoms with Crippen LogP contribution in [-0.2, 0) is 10.0 Å². The maximum atomic E-state index is 11.5. The maximum Gasteiger partial charge on any atom is 0.229 e. The van der Waals surface area contributed by atoms with E-state index in [-0.39, 0.29) is 6.04 Å². The molecule has 0 atom stereocenters. The standard InChI is InChI=1S/C22H25N9O2S/c1-34(32,33)30-17-4-2-3-16(11-17)27-22-28-19(20-21(29-22)26-13-25-20)14-5-6-18(24-12-14)31-9-7-15(23)8-10-31/h2-6,11-13,15,30H,7-10,23H2,1H3,(H2,25,26,27,28,29). The number of rotatable bonds is 6. The van der Waals surface area contributed by atoms with E-state index in [0.29, 0.717) is 34.2 Å². The summed E-state index contributed by atoms with van der Waals surface area (Å²) in [4.78, 5) is 23.5. The molecule has 12 heteroatoms. The van der Waals surface area contributed by atoms with Gasteiger partial charge in [-0.1, -0.05) is 6.07 Å². The third kappa shape index (κ3) is 4.92. The Bertz CT molecular complexity index is 1410. The Morgan fingerprint density at radius 1 is 1.09 bits per heavy atom. The number of benzene rings is 1. The molecule has 0 bridgehead atoms. The van der Waals surface area contributed by atoms with Crippen molar-refractivity contribution in [3.05, 3.63) is 48.9 Å². The largest absolute Gasteiger partial charge is 0.357 e. The molecule has 0 amide bonds. The molecule has 0 aliphatic carbocycles. The molecular formula is C22H25N9O2S. The molecule has 1 fully saturated rings. The van der Waals surface area contributed by atoms with E-state index >= 15 is 0 Å². The summed E-state index contributed by atoms with van der Waals surface area (Å²) in [5.74, 6) is 1.25. The number of pyridine rings is 1. The highest BCUT2D eigenvalue weighted by Crippen LogP contribution is 2.28. The Balaban J connectivity index is 1.43. The lowest BCUT2D eigenvalue weighted by Gasteiger charge is -2.31. The van der Waals surface area contributed by atoms with Gasteiger partial charge >= 0.3 is 0 Å². The van der Waals surface area contributed by atoms with Crippen molar-refractivity contribution in [2.24, 2.45) is 5.73 Å². The van der Waals surface area contributed by atoms with E-state index in [0.717, 1.165) is 43.6 Å². The normalized spacial score (nSPS) is 14.9. The molecule has 5 N–H and O–H groups in total. The Labute approximate surface area is 196 Å². The van der Waals surface area contributed by atoms with Crippen LogP contribution in [0, 0.1) is 0 Å². The second-order valence-electron chi connectivity index (χ2n) is 8.31. The first kappa shape index (κ1) is 22.0. The number of aromatic amines is 1. The Kier molecular flexibility index (Phi) is 5.75. The predicted molar refractivity (Wildman–Crippen MR) is 133 cm³/mol. The lowest BCUT2D eigenvalue weighted by atomic mass is 10.1. The number of piperidine rings is 1. The van der Waals surface area contributed by atoms with Crippen LogP contribution in [0.2, 0.25) is 0 Å². The van der Waals surface area contributed by atoms with E-state index in [1.54, 1.807) is 36.8 Å². The quantitative estimate of drug-likeness (QED) is 0.326. The molecule has 4 heterocycles. The van der Waals surface area contributed by atoms with Crippen molar-refractivity contribution >= 4 is 44.3 Å². The molecule has 0 unspecified atom stereocenters. The average Bonchev–Trinajstić information content (AvgIpc) is 3.27. The second-order valence-corrected chi connectivity index (χ2v) is 10.1. The van der Waals surface area contributed by atoms with E-state index in [2.05, 4.69) is 34.9 Å². The third-order valence-corrected chi connectivity index (χ3v) is 6.20. The second kappa shape index (κ2) is 8.88. The van der Waals surface area contributed by atoms with Crippen LogP contribution < -0.4 is 20.7 Å². The molecule has 0 spiro atoms. The lowest BCUT2D eigenvalue weighted by molar-refractivity contribution is 0.498. The van der Waals surface area contributed by atoms with Crippen molar-refractivity contribution in [3.63, 3.8) is 0 Å². The number of hydrogen-bond donors (Lipinski definition) is 4. The van der Waals surface area contributed by atoms with Gasteiger partial charge in [-0.2, -0.15) is 4.98 Å². The highest BCUT2D eigenvalue weighted by molar-refractivity contribution is 7.92. The highest BCUT2D eigenvalue weighted by atomic mass is 32.2. The molecule has 1 aromatic carbocycles. The van der Waals surface area contributed by atoms with Crippen LogP contribution in [0.25, 0.3) is 22.4 Å². The van der Waals surface area contributed by atoms with Gasteiger partial charge in [-0.05, 0) is 43.2 Å². The molecule has 5 rings (SSSR count). The summed E-state index contributed by atoms with van der Waals surface area (Å²) >= 11 is 0. The summed E-state index contributed by atoms with van der Waals surface area (Å²) in [6, 6.07) is 11.1. The summed E-state index contributed by atoms with van der Waals surface area (Å²) in [6.45, 7) is 1.79. The van der Waals surface area contributed by atoms with Gasteiger partial charge in [-0.25, -0.2) is 23.4 Å². The van der Waals surface area contributed by atoms with Crippen LogP contribution in [0.15, 0.2) is 48.9 Å². The van der Waals surface area contributed by atoms with Crippen molar-refractivity contribution in [2.75, 3.05) is 34.3 Å². The van der Waals surface area contributed by atoms with Crippen LogP contribution in [0.3, 0.4) is 0 Å². The van der Waals surface area contributed by atoms with Gasteiger partial charge in [0.1, 0.15) is 17.0 Å². The zero-order chi connectivity index (χ0) is 23.7. The van der Waals surface area contributed by atoms with Gasteiger partial charge in [0.05, 0.1) is 18.3 Å². The topological polar surface area (TPSA) is 155 Å². The van der Waals surface area contributed by atoms with Gasteiger partial charge in [-0.3, -0.25) is 4.72 Å². The number of anilines is 4. The van der Waals surface area contributed by atoms with E-state index in [1.807, 2.05) is 12.1 Å². The monoisotopic (exact) mass is 479 g/mol. The smallest absolute Gasteiger partial charge is 0.229 e. The van der Waals surface area contributed by atoms with Crippen LogP contribution >= 0.6 is 0 Å². The lowest BCUT2D eigenvalue weighted by Crippen LogP contribution is -2.40. The first-order chi connectivity index (χ1) is 16.3. The van der Waals surface area contributed by atoms with Crippen molar-refractivity contribution in [3.8, 4) is 11.3 Å². The van der Waals surface area contributed by atoms with Crippen LogP contribution in [0.1, 0.15) is 12.8 Å². The first-order valence-corrected chi connectivity index (χ1v) is 12.8. The van der Waals surface area contributed by atoms with Crippen molar-refractivity contribution < 1.29 is 8.42 Å². The fraction of sp³-hybridized carbons (Fsp3) is 0.273. The molecule has 11 nitrogen and oxygen atoms in total. The Morgan fingerprint density at radius 3 is 2.62 bits per heavy atom. The number of nitrogens with zero attached hydrogens (tertiary/aromatic N) is 5. The Hall–Kier alpha value is -3.77. The van der Waals surface area contributed by atoms with Gasteiger partial charge in [-0.15, -0.1) is 0 Å². The molecule has 4 aromatic rings. The van der Waals surface area contributed by atoms with E-state index < -0.39 is 10.0 Å². The number of sulfonamides is 1. The van der Waals surface area contributed by atoms with Gasteiger partial charge < -0.3 is 20.9 Å². The fourth-order valence-electron chi connectivity index (χ4n) is 3.94. The van der Waals surface area contributed by atoms with E-state index in [1.165, 1.54) is 0 Å². The number of aromatic nitrogens is 5. The maximum absolute atomic E-state index is 11.5. The number of hydrogen-bond acceptors (Lipinski definition) is 9. The molecule has 0 radical (unpaired) electrons. The summed E-state index contributed by atoms with van der Waals surface area (Å²) in [7, 11) is -3.39. The molecule has 3 aromatic heterocycles. The van der Waals surface area contributed by atoms with Crippen molar-refractivity contribution in [1.82, 2.24) is 24.9 Å². The zero-order valence-corrected chi connectivity index (χ0v) is 19.4. The Morgan fingerprint density at radius 2 is 1.88 bits per heavy atom. The van der Waals surface area contributed by atoms with Crippen LogP contribution in [-0.4, -0.2) is 58.7 Å². The van der Waals surface area contributed by atoms with Crippen LogP contribution in [0.5, 0.6) is 0 Å². The highest BCUT2D eigenvalue weighted by Gasteiger charge is 2.18. The van der Waals surface area contributed by atoms with Crippen molar-refractivity contribution in [2.45, 2.75) is 18.9 Å². The molecule has 1 aliphatic rings. The summed E-state index contributed by atoms with van der Waals surface area (Å²) < 4.78 is 25.6. The summed E-state index contributed by atoms with van der Waals surface area (Å²) in [5, 5.41) is 3.14. The molecule has 0 saturated carbocycles. The first-order valence-electron chi connectivity index (χ1n) is 10.9. The summed E-state index contributed by atoms with van der Waals surface area (Å²) in [5.41, 5.74) is 9.78. The van der Waals surface area contributed by atoms with Crippen molar-refractivity contribution in [1.29, 1.82) is 0 Å². The van der Waals surface area contributed by atoms with E-state index in [4.69, 9.17) is 10.7 Å². The number of nitrogens with one attached hydrogen (secondary N) is 3. The predicted octanol–water partition coefficient (Wildman–Crippen LogP) is 2.46.